The third kappa shape index (κ3) is 5.84. The molecule has 0 heterocycles. The summed E-state index contributed by atoms with van der Waals surface area (Å²) in [5, 5.41) is 0. The van der Waals surface area contributed by atoms with Crippen LogP contribution in [0.25, 0.3) is 0 Å². The van der Waals surface area contributed by atoms with E-state index in [0.29, 0.717) is 12.8 Å². The van der Waals surface area contributed by atoms with Crippen molar-refractivity contribution in [1.82, 2.24) is 0 Å². The van der Waals surface area contributed by atoms with Gasteiger partial charge in [0.25, 0.3) is 0 Å². The highest BCUT2D eigenvalue weighted by molar-refractivity contribution is 5.67. The molecule has 0 fully saturated rings. The van der Waals surface area contributed by atoms with Crippen LogP contribution in [-0.4, -0.2) is 5.97 Å². The van der Waals surface area contributed by atoms with E-state index >= 15 is 0 Å². The molecule has 0 aromatic heterocycles. The standard InChI is InChI=1S/C27H21FO2/c1-22(29)30-27(25-13-6-3-7-14-25,21-19-23-10-4-2-5-11-23)20-9-8-12-24-15-17-26(28)18-16-24/h2-7,10-11,13-18H,9,20H2,1H3. The monoisotopic (exact) mass is 396 g/mol. The van der Waals surface area contributed by atoms with E-state index in [9.17, 15) is 9.18 Å². The minimum atomic E-state index is -1.11. The second-order valence-electron chi connectivity index (χ2n) is 6.71. The maximum absolute atomic E-state index is 13.1. The molecule has 2 nitrogen and oxygen atoms in total. The van der Waals surface area contributed by atoms with Gasteiger partial charge in [0.05, 0.1) is 0 Å². The second kappa shape index (κ2) is 10.1. The van der Waals surface area contributed by atoms with Crippen molar-refractivity contribution >= 4 is 5.97 Å². The van der Waals surface area contributed by atoms with Gasteiger partial charge in [0.15, 0.2) is 5.60 Å². The van der Waals surface area contributed by atoms with Gasteiger partial charge in [-0.25, -0.2) is 4.39 Å². The fourth-order valence-electron chi connectivity index (χ4n) is 3.00. The Hall–Kier alpha value is -3.82. The summed E-state index contributed by atoms with van der Waals surface area (Å²) in [4.78, 5) is 12.0. The Bertz CT molecular complexity index is 1100. The minimum Gasteiger partial charge on any atom is -0.442 e. The van der Waals surface area contributed by atoms with E-state index in [4.69, 9.17) is 4.74 Å². The van der Waals surface area contributed by atoms with Crippen molar-refractivity contribution in [2.75, 3.05) is 0 Å². The average molecular weight is 396 g/mol. The van der Waals surface area contributed by atoms with Crippen molar-refractivity contribution in [3.05, 3.63) is 107 Å². The molecule has 0 radical (unpaired) electrons. The molecule has 148 valence electrons. The summed E-state index contributed by atoms with van der Waals surface area (Å²) >= 11 is 0. The van der Waals surface area contributed by atoms with E-state index < -0.39 is 11.6 Å². The number of benzene rings is 3. The Morgan fingerprint density at radius 2 is 1.47 bits per heavy atom. The molecule has 0 bridgehead atoms. The van der Waals surface area contributed by atoms with Crippen LogP contribution in [0.2, 0.25) is 0 Å². The smallest absolute Gasteiger partial charge is 0.304 e. The van der Waals surface area contributed by atoms with E-state index in [2.05, 4.69) is 23.7 Å². The van der Waals surface area contributed by atoms with Crippen LogP contribution in [-0.2, 0) is 15.1 Å². The van der Waals surface area contributed by atoms with Crippen molar-refractivity contribution in [3.63, 3.8) is 0 Å². The number of rotatable bonds is 4. The molecule has 3 heteroatoms. The van der Waals surface area contributed by atoms with E-state index in [1.807, 2.05) is 60.7 Å². The van der Waals surface area contributed by atoms with Crippen LogP contribution >= 0.6 is 0 Å². The van der Waals surface area contributed by atoms with Gasteiger partial charge in [0.1, 0.15) is 5.82 Å². The summed E-state index contributed by atoms with van der Waals surface area (Å²) in [6, 6.07) is 25.1. The van der Waals surface area contributed by atoms with E-state index in [1.54, 1.807) is 12.1 Å². The third-order valence-corrected chi connectivity index (χ3v) is 4.42. The first-order valence-electron chi connectivity index (χ1n) is 9.65. The Labute approximate surface area is 176 Å². The molecule has 0 saturated carbocycles. The van der Waals surface area contributed by atoms with Gasteiger partial charge >= 0.3 is 5.97 Å². The van der Waals surface area contributed by atoms with Gasteiger partial charge in [-0.3, -0.25) is 4.79 Å². The van der Waals surface area contributed by atoms with Crippen LogP contribution in [0, 0.1) is 29.5 Å². The van der Waals surface area contributed by atoms with Crippen molar-refractivity contribution in [3.8, 4) is 23.7 Å². The SMILES string of the molecule is CC(=O)OC(C#Cc1ccccc1)(CCC#Cc1ccc(F)cc1)c1ccccc1. The lowest BCUT2D eigenvalue weighted by Gasteiger charge is -2.28. The summed E-state index contributed by atoms with van der Waals surface area (Å²) in [7, 11) is 0. The molecule has 0 aliphatic rings. The molecule has 0 aliphatic heterocycles. The van der Waals surface area contributed by atoms with Crippen molar-refractivity contribution in [1.29, 1.82) is 0 Å². The molecular weight excluding hydrogens is 375 g/mol. The van der Waals surface area contributed by atoms with Crippen molar-refractivity contribution in [2.24, 2.45) is 0 Å². The fraction of sp³-hybridized carbons (Fsp3) is 0.148. The molecule has 0 saturated heterocycles. The minimum absolute atomic E-state index is 0.297. The zero-order valence-corrected chi connectivity index (χ0v) is 16.7. The van der Waals surface area contributed by atoms with Gasteiger partial charge in [-0.05, 0) is 42.3 Å². The van der Waals surface area contributed by atoms with Crippen LogP contribution in [0.5, 0.6) is 0 Å². The van der Waals surface area contributed by atoms with Crippen LogP contribution in [0.4, 0.5) is 4.39 Å². The fourth-order valence-corrected chi connectivity index (χ4v) is 3.00. The van der Waals surface area contributed by atoms with Crippen molar-refractivity contribution < 1.29 is 13.9 Å². The van der Waals surface area contributed by atoms with Gasteiger partial charge in [-0.2, -0.15) is 0 Å². The summed E-state index contributed by atoms with van der Waals surface area (Å²) in [6.45, 7) is 1.38. The summed E-state index contributed by atoms with van der Waals surface area (Å²) in [5.41, 5.74) is 1.25. The molecule has 30 heavy (non-hydrogen) atoms. The number of carbonyl (C=O) groups excluding carboxylic acids is 1. The average Bonchev–Trinajstić information content (AvgIpc) is 2.77. The maximum atomic E-state index is 13.1. The Morgan fingerprint density at radius 1 is 0.867 bits per heavy atom. The Balaban J connectivity index is 1.92. The number of halogens is 1. The Morgan fingerprint density at radius 3 is 2.10 bits per heavy atom. The molecule has 1 atom stereocenters. The summed E-state index contributed by atoms with van der Waals surface area (Å²) in [6.07, 6.45) is 0.855. The van der Waals surface area contributed by atoms with Gasteiger partial charge in [-0.15, -0.1) is 0 Å². The largest absolute Gasteiger partial charge is 0.442 e. The highest BCUT2D eigenvalue weighted by atomic mass is 19.1. The lowest BCUT2D eigenvalue weighted by molar-refractivity contribution is -0.152. The van der Waals surface area contributed by atoms with Gasteiger partial charge < -0.3 is 4.74 Å². The third-order valence-electron chi connectivity index (χ3n) is 4.42. The summed E-state index contributed by atoms with van der Waals surface area (Å²) in [5.74, 6) is 11.7. The second-order valence-corrected chi connectivity index (χ2v) is 6.71. The normalized spacial score (nSPS) is 11.8. The quantitative estimate of drug-likeness (QED) is 0.432. The summed E-state index contributed by atoms with van der Waals surface area (Å²) < 4.78 is 18.8. The highest BCUT2D eigenvalue weighted by Gasteiger charge is 2.33. The first kappa shape index (κ1) is 20.9. The zero-order chi connectivity index (χ0) is 21.2. The van der Waals surface area contributed by atoms with Crippen LogP contribution in [0.15, 0.2) is 84.9 Å². The molecule has 0 aliphatic carbocycles. The number of hydrogen-bond acceptors (Lipinski definition) is 2. The molecule has 1 unspecified atom stereocenters. The molecular formula is C27H21FO2. The number of hydrogen-bond donors (Lipinski definition) is 0. The van der Waals surface area contributed by atoms with Gasteiger partial charge in [0.2, 0.25) is 0 Å². The van der Waals surface area contributed by atoms with E-state index in [1.165, 1.54) is 19.1 Å². The molecule has 0 spiro atoms. The van der Waals surface area contributed by atoms with E-state index in [-0.39, 0.29) is 5.82 Å². The topological polar surface area (TPSA) is 26.3 Å². The van der Waals surface area contributed by atoms with Gasteiger partial charge in [-0.1, -0.05) is 66.3 Å². The molecule has 0 N–H and O–H groups in total. The molecule has 0 amide bonds. The predicted molar refractivity (Wildman–Crippen MR) is 116 cm³/mol. The van der Waals surface area contributed by atoms with E-state index in [0.717, 1.165) is 16.7 Å². The number of carbonyl (C=O) groups is 1. The highest BCUT2D eigenvalue weighted by Crippen LogP contribution is 2.31. The molecule has 3 aromatic rings. The molecule has 3 rings (SSSR count). The predicted octanol–water partition coefficient (Wildman–Crippen LogP) is 5.47. The lowest BCUT2D eigenvalue weighted by Crippen LogP contribution is -2.30. The van der Waals surface area contributed by atoms with Crippen LogP contribution in [0.1, 0.15) is 36.5 Å². The Kier molecular flexibility index (Phi) is 7.04. The first-order valence-corrected chi connectivity index (χ1v) is 9.65. The molecule has 3 aromatic carbocycles. The lowest BCUT2D eigenvalue weighted by atomic mass is 9.88. The number of esters is 1. The first-order chi connectivity index (χ1) is 14.6. The maximum Gasteiger partial charge on any atom is 0.304 e. The van der Waals surface area contributed by atoms with Crippen molar-refractivity contribution in [2.45, 2.75) is 25.4 Å². The zero-order valence-electron chi connectivity index (χ0n) is 16.7. The van der Waals surface area contributed by atoms with Crippen LogP contribution in [0.3, 0.4) is 0 Å². The number of ether oxygens (including phenoxy) is 1. The van der Waals surface area contributed by atoms with Gasteiger partial charge in [0, 0.05) is 36.5 Å². The van der Waals surface area contributed by atoms with Crippen LogP contribution < -0.4 is 0 Å².